The lowest BCUT2D eigenvalue weighted by atomic mass is 9.88. The minimum absolute atomic E-state index is 0.0307. The molecule has 5 heteroatoms. The van der Waals surface area contributed by atoms with E-state index in [4.69, 9.17) is 4.74 Å². The maximum absolute atomic E-state index is 12.2. The second kappa shape index (κ2) is 6.34. The lowest BCUT2D eigenvalue weighted by Gasteiger charge is -2.36. The predicted molar refractivity (Wildman–Crippen MR) is 95.7 cm³/mol. The largest absolute Gasteiger partial charge is 0.444 e. The molecule has 0 aliphatic heterocycles. The molecule has 0 aromatic heterocycles. The summed E-state index contributed by atoms with van der Waals surface area (Å²) >= 11 is 0. The predicted octanol–water partition coefficient (Wildman–Crippen LogP) is 3.53. The van der Waals surface area contributed by atoms with Crippen molar-refractivity contribution >= 4 is 6.09 Å². The molecule has 1 aromatic carbocycles. The van der Waals surface area contributed by atoms with Crippen molar-refractivity contribution in [1.82, 2.24) is 10.6 Å². The molecule has 3 rings (SSSR count). The molecule has 2 fully saturated rings. The van der Waals surface area contributed by atoms with Crippen LogP contribution in [0.15, 0.2) is 30.3 Å². The van der Waals surface area contributed by atoms with Crippen molar-refractivity contribution < 1.29 is 9.53 Å². The van der Waals surface area contributed by atoms with Gasteiger partial charge in [0.05, 0.1) is 12.1 Å². The lowest BCUT2D eigenvalue weighted by molar-refractivity contribution is 0.0479. The first-order chi connectivity index (χ1) is 11.7. The van der Waals surface area contributed by atoms with Crippen molar-refractivity contribution in [2.75, 3.05) is 0 Å². The summed E-state index contributed by atoms with van der Waals surface area (Å²) in [6.07, 6.45) is 1.42. The summed E-state index contributed by atoms with van der Waals surface area (Å²) in [7, 11) is 0. The Kier molecular flexibility index (Phi) is 4.51. The molecule has 2 N–H and O–H groups in total. The van der Waals surface area contributed by atoms with E-state index in [1.165, 1.54) is 0 Å². The van der Waals surface area contributed by atoms with Crippen LogP contribution in [0, 0.1) is 23.2 Å². The Bertz CT molecular complexity index is 676. The molecule has 0 spiro atoms. The standard InChI is InChI=1S/C20H27N3O2/c1-13(14-8-6-5-7-9-14)23-20(12-21)16-10-15(16)11-17(20)22-18(24)25-19(2,3)4/h5-9,13,15-17,23H,10-11H2,1-4H3,(H,22,24). The number of rotatable bonds is 4. The molecule has 134 valence electrons. The Morgan fingerprint density at radius 2 is 2.00 bits per heavy atom. The first-order valence-electron chi connectivity index (χ1n) is 8.98. The highest BCUT2D eigenvalue weighted by molar-refractivity contribution is 5.68. The van der Waals surface area contributed by atoms with Gasteiger partial charge in [-0.2, -0.15) is 5.26 Å². The van der Waals surface area contributed by atoms with Crippen molar-refractivity contribution in [3.63, 3.8) is 0 Å². The topological polar surface area (TPSA) is 74.2 Å². The Labute approximate surface area is 149 Å². The van der Waals surface area contributed by atoms with Crippen LogP contribution >= 0.6 is 0 Å². The molecule has 0 heterocycles. The van der Waals surface area contributed by atoms with Crippen molar-refractivity contribution in [2.24, 2.45) is 11.8 Å². The molecule has 2 saturated carbocycles. The average molecular weight is 341 g/mol. The van der Waals surface area contributed by atoms with Gasteiger partial charge in [0.25, 0.3) is 0 Å². The van der Waals surface area contributed by atoms with Crippen LogP contribution in [0.4, 0.5) is 4.79 Å². The van der Waals surface area contributed by atoms with Crippen LogP contribution < -0.4 is 10.6 Å². The molecular formula is C20H27N3O2. The van der Waals surface area contributed by atoms with Crippen LogP contribution in [0.1, 0.15) is 52.1 Å². The van der Waals surface area contributed by atoms with Gasteiger partial charge in [0, 0.05) is 6.04 Å². The fourth-order valence-corrected chi connectivity index (χ4v) is 4.02. The fraction of sp³-hybridized carbons (Fsp3) is 0.600. The molecule has 5 unspecified atom stereocenters. The second-order valence-corrected chi connectivity index (χ2v) is 8.29. The third-order valence-corrected chi connectivity index (χ3v) is 5.23. The SMILES string of the molecule is CC(NC1(C#N)C(NC(=O)OC(C)(C)C)CC2CC21)c1ccccc1. The van der Waals surface area contributed by atoms with E-state index < -0.39 is 17.2 Å². The van der Waals surface area contributed by atoms with E-state index in [1.807, 2.05) is 39.0 Å². The van der Waals surface area contributed by atoms with Gasteiger partial charge < -0.3 is 10.1 Å². The van der Waals surface area contributed by atoms with Crippen LogP contribution in [0.5, 0.6) is 0 Å². The maximum atomic E-state index is 12.2. The van der Waals surface area contributed by atoms with Gasteiger partial charge in [0.15, 0.2) is 0 Å². The summed E-state index contributed by atoms with van der Waals surface area (Å²) in [4.78, 5) is 12.2. The highest BCUT2D eigenvalue weighted by atomic mass is 16.6. The van der Waals surface area contributed by atoms with Crippen LogP contribution in [-0.2, 0) is 4.74 Å². The number of hydrogen-bond donors (Lipinski definition) is 2. The molecule has 2 aliphatic carbocycles. The van der Waals surface area contributed by atoms with Crippen molar-refractivity contribution in [2.45, 2.75) is 63.8 Å². The quantitative estimate of drug-likeness (QED) is 0.878. The number of nitrogens with zero attached hydrogens (tertiary/aromatic N) is 1. The average Bonchev–Trinajstić information content (AvgIpc) is 3.25. The number of carbonyl (C=O) groups excluding carboxylic acids is 1. The smallest absolute Gasteiger partial charge is 0.407 e. The summed E-state index contributed by atoms with van der Waals surface area (Å²) in [6, 6.07) is 12.4. The van der Waals surface area contributed by atoms with E-state index in [2.05, 4.69) is 35.8 Å². The Morgan fingerprint density at radius 3 is 2.60 bits per heavy atom. The number of ether oxygens (including phenoxy) is 1. The van der Waals surface area contributed by atoms with E-state index in [0.29, 0.717) is 11.8 Å². The molecule has 0 saturated heterocycles. The number of nitrogens with one attached hydrogen (secondary N) is 2. The number of nitriles is 1. The minimum Gasteiger partial charge on any atom is -0.444 e. The molecule has 0 radical (unpaired) electrons. The van der Waals surface area contributed by atoms with Gasteiger partial charge in [-0.3, -0.25) is 5.32 Å². The number of benzene rings is 1. The number of hydrogen-bond acceptors (Lipinski definition) is 4. The molecule has 5 atom stereocenters. The third-order valence-electron chi connectivity index (χ3n) is 5.23. The van der Waals surface area contributed by atoms with Gasteiger partial charge in [0.2, 0.25) is 0 Å². The maximum Gasteiger partial charge on any atom is 0.407 e. The molecule has 25 heavy (non-hydrogen) atoms. The third kappa shape index (κ3) is 3.64. The van der Waals surface area contributed by atoms with Gasteiger partial charge in [-0.1, -0.05) is 30.3 Å². The van der Waals surface area contributed by atoms with Gasteiger partial charge in [-0.05, 0) is 57.9 Å². The monoisotopic (exact) mass is 341 g/mol. The summed E-state index contributed by atoms with van der Waals surface area (Å²) in [5.41, 5.74) is -0.153. The van der Waals surface area contributed by atoms with E-state index in [0.717, 1.165) is 18.4 Å². The normalized spacial score (nSPS) is 31.6. The fourth-order valence-electron chi connectivity index (χ4n) is 4.02. The zero-order chi connectivity index (χ0) is 18.2. The number of amides is 1. The van der Waals surface area contributed by atoms with Crippen LogP contribution in [0.25, 0.3) is 0 Å². The summed E-state index contributed by atoms with van der Waals surface area (Å²) in [6.45, 7) is 7.58. The van der Waals surface area contributed by atoms with Crippen LogP contribution in [0.3, 0.4) is 0 Å². The molecule has 1 amide bonds. The molecule has 1 aromatic rings. The van der Waals surface area contributed by atoms with Crippen molar-refractivity contribution in [3.8, 4) is 6.07 Å². The van der Waals surface area contributed by atoms with E-state index in [-0.39, 0.29) is 12.1 Å². The number of carbonyl (C=O) groups is 1. The summed E-state index contributed by atoms with van der Waals surface area (Å²) < 4.78 is 5.39. The van der Waals surface area contributed by atoms with Gasteiger partial charge in [-0.15, -0.1) is 0 Å². The van der Waals surface area contributed by atoms with E-state index in [1.54, 1.807) is 0 Å². The first kappa shape index (κ1) is 17.8. The zero-order valence-electron chi connectivity index (χ0n) is 15.4. The Balaban J connectivity index is 1.75. The summed E-state index contributed by atoms with van der Waals surface area (Å²) in [5, 5.41) is 16.5. The number of fused-ring (bicyclic) bond motifs is 1. The highest BCUT2D eigenvalue weighted by Crippen LogP contribution is 2.57. The molecule has 2 aliphatic rings. The van der Waals surface area contributed by atoms with Crippen LogP contribution in [-0.4, -0.2) is 23.3 Å². The minimum atomic E-state index is -0.739. The number of alkyl carbamates (subject to hydrolysis) is 1. The van der Waals surface area contributed by atoms with E-state index in [9.17, 15) is 10.1 Å². The van der Waals surface area contributed by atoms with Gasteiger partial charge >= 0.3 is 6.09 Å². The summed E-state index contributed by atoms with van der Waals surface area (Å²) in [5.74, 6) is 0.804. The first-order valence-corrected chi connectivity index (χ1v) is 8.98. The van der Waals surface area contributed by atoms with Gasteiger partial charge in [-0.25, -0.2) is 4.79 Å². The lowest BCUT2D eigenvalue weighted by Crippen LogP contribution is -2.60. The Morgan fingerprint density at radius 1 is 1.32 bits per heavy atom. The zero-order valence-corrected chi connectivity index (χ0v) is 15.4. The second-order valence-electron chi connectivity index (χ2n) is 8.29. The molecule has 0 bridgehead atoms. The Hall–Kier alpha value is -2.06. The molecule has 5 nitrogen and oxygen atoms in total. The van der Waals surface area contributed by atoms with Crippen molar-refractivity contribution in [3.05, 3.63) is 35.9 Å². The van der Waals surface area contributed by atoms with Crippen molar-refractivity contribution in [1.29, 1.82) is 5.26 Å². The molecular weight excluding hydrogens is 314 g/mol. The van der Waals surface area contributed by atoms with Crippen LogP contribution in [0.2, 0.25) is 0 Å². The van der Waals surface area contributed by atoms with Gasteiger partial charge in [0.1, 0.15) is 11.1 Å². The van der Waals surface area contributed by atoms with E-state index >= 15 is 0 Å². The highest BCUT2D eigenvalue weighted by Gasteiger charge is 2.64.